The van der Waals surface area contributed by atoms with E-state index in [2.05, 4.69) is 5.32 Å². The molecule has 0 aromatic heterocycles. The Hall–Kier alpha value is -1.52. The summed E-state index contributed by atoms with van der Waals surface area (Å²) in [5.41, 5.74) is 0.0758. The number of halogens is 3. The Balaban J connectivity index is 2.60. The first-order chi connectivity index (χ1) is 7.04. The molecule has 1 amide bonds. The fourth-order valence-corrected chi connectivity index (χ4v) is 1.12. The average molecular weight is 216 g/mol. The molecule has 1 aromatic carbocycles. The second-order valence-corrected chi connectivity index (χ2v) is 2.97. The molecule has 0 aliphatic carbocycles. The summed E-state index contributed by atoms with van der Waals surface area (Å²) in [4.78, 5) is 9.80. The molecule has 0 unspecified atom stereocenters. The van der Waals surface area contributed by atoms with Gasteiger partial charge >= 0.3 is 12.6 Å². The monoisotopic (exact) mass is 216 g/mol. The number of amides is 1. The normalized spacial score (nSPS) is 11.1. The van der Waals surface area contributed by atoms with Gasteiger partial charge in [-0.05, 0) is 24.1 Å². The summed E-state index contributed by atoms with van der Waals surface area (Å²) in [5.74, 6) is 0. The minimum Gasteiger partial charge on any atom is -0.348 e. The molecule has 0 bridgehead atoms. The topological polar surface area (TPSA) is 29.1 Å². The molecule has 2 nitrogen and oxygen atoms in total. The van der Waals surface area contributed by atoms with Gasteiger partial charge in [-0.15, -0.1) is 0 Å². The van der Waals surface area contributed by atoms with Gasteiger partial charge in [0.25, 0.3) is 0 Å². The van der Waals surface area contributed by atoms with E-state index in [9.17, 15) is 18.0 Å². The van der Waals surface area contributed by atoms with Crippen molar-refractivity contribution >= 4 is 6.41 Å². The van der Waals surface area contributed by atoms with Crippen molar-refractivity contribution in [1.29, 1.82) is 0 Å². The van der Waals surface area contributed by atoms with Crippen LogP contribution in [0.3, 0.4) is 0 Å². The van der Waals surface area contributed by atoms with E-state index >= 15 is 0 Å². The third-order valence-electron chi connectivity index (χ3n) is 1.89. The van der Waals surface area contributed by atoms with Crippen LogP contribution in [0.15, 0.2) is 24.3 Å². The van der Waals surface area contributed by atoms with Gasteiger partial charge in [0.15, 0.2) is 0 Å². The Morgan fingerprint density at radius 1 is 1.20 bits per heavy atom. The van der Waals surface area contributed by atoms with Crippen LogP contribution in [0.4, 0.5) is 13.2 Å². The maximum absolute atomic E-state index is 12.2. The van der Waals surface area contributed by atoms with Gasteiger partial charge in [-0.2, -0.15) is 13.2 Å². The van der Waals surface area contributed by atoms with Crippen LogP contribution < -0.4 is 5.32 Å². The second kappa shape index (κ2) is 4.82. The van der Waals surface area contributed by atoms with Gasteiger partial charge in [0.05, 0.1) is 5.56 Å². The van der Waals surface area contributed by atoms with Crippen LogP contribution >= 0.6 is 0 Å². The SMILES string of the molecule is O=[C]NCCc1ccc(C(F)(F)F)cc1. The van der Waals surface area contributed by atoms with E-state index in [0.717, 1.165) is 17.7 Å². The van der Waals surface area contributed by atoms with E-state index in [-0.39, 0.29) is 0 Å². The molecule has 0 spiro atoms. The van der Waals surface area contributed by atoms with Gasteiger partial charge in [0.1, 0.15) is 0 Å². The highest BCUT2D eigenvalue weighted by atomic mass is 19.4. The van der Waals surface area contributed by atoms with Crippen molar-refractivity contribution in [2.75, 3.05) is 6.54 Å². The van der Waals surface area contributed by atoms with Gasteiger partial charge in [-0.1, -0.05) is 12.1 Å². The number of alkyl halides is 3. The van der Waals surface area contributed by atoms with E-state index in [0.29, 0.717) is 13.0 Å². The molecule has 0 fully saturated rings. The zero-order valence-corrected chi connectivity index (χ0v) is 7.77. The smallest absolute Gasteiger partial charge is 0.348 e. The van der Waals surface area contributed by atoms with Crippen LogP contribution in [0.5, 0.6) is 0 Å². The molecule has 0 saturated carbocycles. The van der Waals surface area contributed by atoms with E-state index in [1.165, 1.54) is 18.5 Å². The van der Waals surface area contributed by atoms with E-state index in [4.69, 9.17) is 0 Å². The Labute approximate surface area is 85.1 Å². The zero-order chi connectivity index (χ0) is 11.3. The van der Waals surface area contributed by atoms with Crippen LogP contribution in [-0.2, 0) is 17.4 Å². The molecule has 0 aliphatic rings. The number of hydrogen-bond donors (Lipinski definition) is 1. The lowest BCUT2D eigenvalue weighted by Gasteiger charge is -2.07. The van der Waals surface area contributed by atoms with Crippen molar-refractivity contribution in [3.05, 3.63) is 35.4 Å². The standard InChI is InChI=1S/C10H9F3NO/c11-10(12,13)9-3-1-8(2-4-9)5-6-14-7-15/h1-4H,5-6H2,(H,14,15). The molecule has 81 valence electrons. The Bertz CT molecular complexity index is 318. The molecule has 15 heavy (non-hydrogen) atoms. The molecule has 1 radical (unpaired) electrons. The number of benzene rings is 1. The fraction of sp³-hybridized carbons (Fsp3) is 0.300. The maximum Gasteiger partial charge on any atom is 0.416 e. The lowest BCUT2D eigenvalue weighted by molar-refractivity contribution is -0.137. The van der Waals surface area contributed by atoms with Gasteiger partial charge in [0, 0.05) is 6.54 Å². The molecule has 1 N–H and O–H groups in total. The maximum atomic E-state index is 12.2. The summed E-state index contributed by atoms with van der Waals surface area (Å²) in [6.07, 6.45) is -2.31. The summed E-state index contributed by atoms with van der Waals surface area (Å²) >= 11 is 0. The van der Waals surface area contributed by atoms with Crippen LogP contribution in [-0.4, -0.2) is 13.0 Å². The molecule has 0 aliphatic heterocycles. The summed E-state index contributed by atoms with van der Waals surface area (Å²) in [5, 5.41) is 2.31. The van der Waals surface area contributed by atoms with Crippen LogP contribution in [0, 0.1) is 0 Å². The predicted octanol–water partition coefficient (Wildman–Crippen LogP) is 1.90. The minimum atomic E-state index is -4.30. The molecular weight excluding hydrogens is 207 g/mol. The van der Waals surface area contributed by atoms with Crippen LogP contribution in [0.25, 0.3) is 0 Å². The summed E-state index contributed by atoms with van der Waals surface area (Å²) in [6.45, 7) is 0.370. The minimum absolute atomic E-state index is 0.370. The molecule has 0 atom stereocenters. The van der Waals surface area contributed by atoms with Crippen LogP contribution in [0.2, 0.25) is 0 Å². The summed E-state index contributed by atoms with van der Waals surface area (Å²) in [6, 6.07) is 4.85. The Morgan fingerprint density at radius 2 is 1.80 bits per heavy atom. The fourth-order valence-electron chi connectivity index (χ4n) is 1.12. The predicted molar refractivity (Wildman–Crippen MR) is 48.8 cm³/mol. The van der Waals surface area contributed by atoms with Gasteiger partial charge < -0.3 is 5.32 Å². The quantitative estimate of drug-likeness (QED) is 0.604. The molecule has 1 aromatic rings. The van der Waals surface area contributed by atoms with Crippen molar-refractivity contribution in [3.63, 3.8) is 0 Å². The number of carbonyl (C=O) groups excluding carboxylic acids is 1. The number of rotatable bonds is 4. The summed E-state index contributed by atoms with van der Waals surface area (Å²) in [7, 11) is 0. The first-order valence-electron chi connectivity index (χ1n) is 4.30. The first kappa shape index (κ1) is 11.6. The molecule has 0 saturated heterocycles. The zero-order valence-electron chi connectivity index (χ0n) is 7.77. The lowest BCUT2D eigenvalue weighted by atomic mass is 10.1. The number of hydrogen-bond acceptors (Lipinski definition) is 1. The van der Waals surface area contributed by atoms with Crippen molar-refractivity contribution in [3.8, 4) is 0 Å². The number of nitrogens with one attached hydrogen (secondary N) is 1. The van der Waals surface area contributed by atoms with E-state index < -0.39 is 11.7 Å². The first-order valence-corrected chi connectivity index (χ1v) is 4.30. The molecule has 5 heteroatoms. The largest absolute Gasteiger partial charge is 0.416 e. The van der Waals surface area contributed by atoms with E-state index in [1.807, 2.05) is 0 Å². The molecule has 1 rings (SSSR count). The highest BCUT2D eigenvalue weighted by Crippen LogP contribution is 2.28. The highest BCUT2D eigenvalue weighted by Gasteiger charge is 2.29. The third kappa shape index (κ3) is 3.61. The second-order valence-electron chi connectivity index (χ2n) is 2.97. The van der Waals surface area contributed by atoms with Crippen molar-refractivity contribution in [2.45, 2.75) is 12.6 Å². The Morgan fingerprint density at radius 3 is 2.27 bits per heavy atom. The molecule has 0 heterocycles. The van der Waals surface area contributed by atoms with Crippen LogP contribution in [0.1, 0.15) is 11.1 Å². The van der Waals surface area contributed by atoms with Gasteiger partial charge in [0.2, 0.25) is 0 Å². The van der Waals surface area contributed by atoms with Crippen molar-refractivity contribution in [2.24, 2.45) is 0 Å². The highest BCUT2D eigenvalue weighted by molar-refractivity contribution is 5.46. The van der Waals surface area contributed by atoms with Gasteiger partial charge in [-0.3, -0.25) is 4.79 Å². The van der Waals surface area contributed by atoms with Crippen molar-refractivity contribution in [1.82, 2.24) is 5.32 Å². The van der Waals surface area contributed by atoms with E-state index in [1.54, 1.807) is 0 Å². The Kier molecular flexibility index (Phi) is 3.71. The summed E-state index contributed by atoms with van der Waals surface area (Å²) < 4.78 is 36.5. The third-order valence-corrected chi connectivity index (χ3v) is 1.89. The lowest BCUT2D eigenvalue weighted by Crippen LogP contribution is -2.14. The molecular formula is C10H9F3NO. The average Bonchev–Trinajstić information content (AvgIpc) is 2.18. The van der Waals surface area contributed by atoms with Gasteiger partial charge in [-0.25, -0.2) is 0 Å². The van der Waals surface area contributed by atoms with Crippen molar-refractivity contribution < 1.29 is 18.0 Å².